The van der Waals surface area contributed by atoms with Crippen molar-refractivity contribution < 1.29 is 9.53 Å². The largest absolute Gasteiger partial charge is 0.383 e. The zero-order valence-electron chi connectivity index (χ0n) is 14.1. The molecule has 136 valence electrons. The number of aryl methyl sites for hydroxylation is 1. The molecule has 0 fully saturated rings. The summed E-state index contributed by atoms with van der Waals surface area (Å²) in [5.41, 5.74) is 2.15. The lowest BCUT2D eigenvalue weighted by Gasteiger charge is -2.07. The summed E-state index contributed by atoms with van der Waals surface area (Å²) in [6.07, 6.45) is 0. The van der Waals surface area contributed by atoms with Gasteiger partial charge in [0.15, 0.2) is 4.80 Å². The summed E-state index contributed by atoms with van der Waals surface area (Å²) < 4.78 is 8.14. The van der Waals surface area contributed by atoms with Gasteiger partial charge in [0, 0.05) is 23.7 Å². The van der Waals surface area contributed by atoms with Crippen LogP contribution in [0.5, 0.6) is 0 Å². The first kappa shape index (κ1) is 19.4. The summed E-state index contributed by atoms with van der Waals surface area (Å²) in [6, 6.07) is 8.50. The maximum atomic E-state index is 12.7. The number of fused-ring (bicyclic) bond motifs is 1. The third kappa shape index (κ3) is 3.82. The minimum absolute atomic E-state index is 0.268. The first-order valence-corrected chi connectivity index (χ1v) is 9.69. The van der Waals surface area contributed by atoms with Gasteiger partial charge in [-0.05, 0) is 42.8 Å². The van der Waals surface area contributed by atoms with Gasteiger partial charge in [-0.1, -0.05) is 46.1 Å². The first-order chi connectivity index (χ1) is 12.4. The lowest BCUT2D eigenvalue weighted by atomic mass is 10.2. The van der Waals surface area contributed by atoms with Crippen molar-refractivity contribution in [3.8, 4) is 0 Å². The van der Waals surface area contributed by atoms with Crippen molar-refractivity contribution in [3.05, 3.63) is 61.3 Å². The fraction of sp³-hybridized carbons (Fsp3) is 0.222. The average Bonchev–Trinajstić information content (AvgIpc) is 2.96. The molecule has 2 aromatic carbocycles. The van der Waals surface area contributed by atoms with E-state index in [1.807, 2.05) is 23.6 Å². The fourth-order valence-corrected chi connectivity index (χ4v) is 4.24. The van der Waals surface area contributed by atoms with Crippen molar-refractivity contribution in [2.24, 2.45) is 4.99 Å². The van der Waals surface area contributed by atoms with E-state index in [0.29, 0.717) is 33.0 Å². The van der Waals surface area contributed by atoms with Crippen molar-refractivity contribution in [2.45, 2.75) is 13.5 Å². The van der Waals surface area contributed by atoms with Crippen molar-refractivity contribution >= 4 is 62.3 Å². The molecule has 8 heteroatoms. The van der Waals surface area contributed by atoms with E-state index in [0.717, 1.165) is 15.8 Å². The lowest BCUT2D eigenvalue weighted by Crippen LogP contribution is -2.20. The highest BCUT2D eigenvalue weighted by atomic mass is 35.5. The quantitative estimate of drug-likeness (QED) is 0.560. The van der Waals surface area contributed by atoms with Crippen molar-refractivity contribution in [2.75, 3.05) is 13.7 Å². The Morgan fingerprint density at radius 2 is 1.92 bits per heavy atom. The third-order valence-electron chi connectivity index (χ3n) is 3.90. The number of rotatable bonds is 4. The van der Waals surface area contributed by atoms with E-state index in [-0.39, 0.29) is 5.56 Å². The van der Waals surface area contributed by atoms with E-state index in [4.69, 9.17) is 39.5 Å². The molecule has 26 heavy (non-hydrogen) atoms. The standard InChI is InChI=1S/C18H15Cl3N2O2S/c1-10-13(20)5-6-15-16(10)23(7-8-25-2)18(26-15)22-17(24)12-9-11(19)3-4-14(12)21/h3-6,9H,7-8H2,1-2H3. The second kappa shape index (κ2) is 8.11. The molecular formula is C18H15Cl3N2O2S. The Morgan fingerprint density at radius 3 is 2.65 bits per heavy atom. The number of halogens is 3. The van der Waals surface area contributed by atoms with Crippen LogP contribution in [0.2, 0.25) is 15.1 Å². The van der Waals surface area contributed by atoms with Crippen LogP contribution in [0.4, 0.5) is 0 Å². The number of carbonyl (C=O) groups excluding carboxylic acids is 1. The predicted octanol–water partition coefficient (Wildman–Crippen LogP) is 5.36. The Hall–Kier alpha value is -1.37. The molecule has 3 aromatic rings. The van der Waals surface area contributed by atoms with Crippen molar-refractivity contribution in [1.29, 1.82) is 0 Å². The molecule has 3 rings (SSSR count). The van der Waals surface area contributed by atoms with Crippen LogP contribution in [0.1, 0.15) is 15.9 Å². The SMILES string of the molecule is COCCn1c(=NC(=O)c2cc(Cl)ccc2Cl)sc2ccc(Cl)c(C)c21. The molecule has 0 saturated heterocycles. The van der Waals surface area contributed by atoms with Gasteiger partial charge in [0.2, 0.25) is 0 Å². The minimum atomic E-state index is -0.445. The van der Waals surface area contributed by atoms with Crippen LogP contribution in [0, 0.1) is 6.92 Å². The van der Waals surface area contributed by atoms with Gasteiger partial charge in [-0.2, -0.15) is 4.99 Å². The molecule has 0 spiro atoms. The zero-order valence-corrected chi connectivity index (χ0v) is 17.1. The number of hydrogen-bond donors (Lipinski definition) is 0. The third-order valence-corrected chi connectivity index (χ3v) is 5.92. The van der Waals surface area contributed by atoms with Gasteiger partial charge in [0.25, 0.3) is 5.91 Å². The Morgan fingerprint density at radius 1 is 1.19 bits per heavy atom. The van der Waals surface area contributed by atoms with Gasteiger partial charge in [0.05, 0.1) is 27.4 Å². The lowest BCUT2D eigenvalue weighted by molar-refractivity contribution is 0.0997. The number of thiazole rings is 1. The van der Waals surface area contributed by atoms with Crippen LogP contribution < -0.4 is 4.80 Å². The highest BCUT2D eigenvalue weighted by molar-refractivity contribution is 7.16. The van der Waals surface area contributed by atoms with E-state index >= 15 is 0 Å². The number of hydrogen-bond acceptors (Lipinski definition) is 3. The maximum Gasteiger partial charge on any atom is 0.281 e. The maximum absolute atomic E-state index is 12.7. The molecule has 0 aliphatic rings. The molecule has 0 saturated carbocycles. The molecule has 0 aliphatic heterocycles. The molecule has 4 nitrogen and oxygen atoms in total. The summed E-state index contributed by atoms with van der Waals surface area (Å²) in [5, 5.41) is 1.41. The van der Waals surface area contributed by atoms with Crippen LogP contribution >= 0.6 is 46.1 Å². The molecule has 0 aliphatic carbocycles. The van der Waals surface area contributed by atoms with E-state index in [1.54, 1.807) is 19.2 Å². The Balaban J connectivity index is 2.20. The van der Waals surface area contributed by atoms with Gasteiger partial charge in [0.1, 0.15) is 0 Å². The number of ether oxygens (including phenoxy) is 1. The highest BCUT2D eigenvalue weighted by Crippen LogP contribution is 2.27. The number of amides is 1. The minimum Gasteiger partial charge on any atom is -0.383 e. The monoisotopic (exact) mass is 428 g/mol. The van der Waals surface area contributed by atoms with E-state index in [2.05, 4.69) is 4.99 Å². The van der Waals surface area contributed by atoms with E-state index < -0.39 is 5.91 Å². The number of carbonyl (C=O) groups is 1. The Bertz CT molecular complexity index is 1060. The molecule has 1 heterocycles. The topological polar surface area (TPSA) is 43.6 Å². The number of methoxy groups -OCH3 is 1. The fourth-order valence-electron chi connectivity index (χ4n) is 2.60. The molecule has 1 aromatic heterocycles. The summed E-state index contributed by atoms with van der Waals surface area (Å²) in [7, 11) is 1.63. The molecule has 0 N–H and O–H groups in total. The first-order valence-electron chi connectivity index (χ1n) is 7.74. The van der Waals surface area contributed by atoms with Crippen LogP contribution in [0.25, 0.3) is 10.2 Å². The van der Waals surface area contributed by atoms with Crippen molar-refractivity contribution in [1.82, 2.24) is 4.57 Å². The summed E-state index contributed by atoms with van der Waals surface area (Å²) in [5.74, 6) is -0.445. The van der Waals surface area contributed by atoms with E-state index in [1.165, 1.54) is 17.4 Å². The molecule has 0 atom stereocenters. The van der Waals surface area contributed by atoms with Gasteiger partial charge in [-0.3, -0.25) is 4.79 Å². The van der Waals surface area contributed by atoms with Crippen LogP contribution in [0.3, 0.4) is 0 Å². The Labute approximate surface area is 169 Å². The molecule has 1 amide bonds. The second-order valence-electron chi connectivity index (χ2n) is 5.59. The van der Waals surface area contributed by atoms with E-state index in [9.17, 15) is 4.79 Å². The highest BCUT2D eigenvalue weighted by Gasteiger charge is 2.14. The zero-order chi connectivity index (χ0) is 18.8. The van der Waals surface area contributed by atoms with Gasteiger partial charge < -0.3 is 9.30 Å². The number of aromatic nitrogens is 1. The summed E-state index contributed by atoms with van der Waals surface area (Å²) in [4.78, 5) is 17.5. The smallest absolute Gasteiger partial charge is 0.281 e. The normalized spacial score (nSPS) is 12.1. The van der Waals surface area contributed by atoms with Crippen LogP contribution in [-0.2, 0) is 11.3 Å². The molecular weight excluding hydrogens is 415 g/mol. The molecule has 0 unspecified atom stereocenters. The molecule has 0 radical (unpaired) electrons. The number of nitrogens with zero attached hydrogens (tertiary/aromatic N) is 2. The summed E-state index contributed by atoms with van der Waals surface area (Å²) >= 11 is 19.8. The van der Waals surface area contributed by atoms with Gasteiger partial charge in [-0.25, -0.2) is 0 Å². The number of benzene rings is 2. The second-order valence-corrected chi connectivity index (χ2v) is 7.85. The van der Waals surface area contributed by atoms with Crippen molar-refractivity contribution in [3.63, 3.8) is 0 Å². The molecule has 0 bridgehead atoms. The van der Waals surface area contributed by atoms with Crippen LogP contribution in [0.15, 0.2) is 35.3 Å². The van der Waals surface area contributed by atoms with Crippen LogP contribution in [-0.4, -0.2) is 24.2 Å². The van der Waals surface area contributed by atoms with Gasteiger partial charge in [-0.15, -0.1) is 0 Å². The average molecular weight is 430 g/mol. The van der Waals surface area contributed by atoms with Gasteiger partial charge >= 0.3 is 0 Å². The Kier molecular flexibility index (Phi) is 6.05. The summed E-state index contributed by atoms with van der Waals surface area (Å²) in [6.45, 7) is 2.98. The predicted molar refractivity (Wildman–Crippen MR) is 108 cm³/mol.